The Labute approximate surface area is 156 Å². The first-order valence-corrected chi connectivity index (χ1v) is 9.53. The third kappa shape index (κ3) is 3.35. The van der Waals surface area contributed by atoms with E-state index >= 15 is 0 Å². The molecule has 2 aromatic rings. The van der Waals surface area contributed by atoms with Crippen molar-refractivity contribution in [2.24, 2.45) is 0 Å². The Balaban J connectivity index is 1.75. The van der Waals surface area contributed by atoms with Gasteiger partial charge in [-0.15, -0.1) is 0 Å². The van der Waals surface area contributed by atoms with Crippen LogP contribution in [0, 0.1) is 6.92 Å². The molecule has 0 fully saturated rings. The van der Waals surface area contributed by atoms with Gasteiger partial charge in [0.15, 0.2) is 0 Å². The Hall–Kier alpha value is -2.67. The predicted molar refractivity (Wildman–Crippen MR) is 112 cm³/mol. The van der Waals surface area contributed by atoms with Crippen molar-refractivity contribution in [2.45, 2.75) is 39.5 Å². The summed E-state index contributed by atoms with van der Waals surface area (Å²) in [5.74, 6) is 0. The number of aryl methyl sites for hydroxylation is 1. The van der Waals surface area contributed by atoms with E-state index in [-0.39, 0.29) is 0 Å². The third-order valence-electron chi connectivity index (χ3n) is 5.35. The zero-order valence-corrected chi connectivity index (χ0v) is 15.6. The Morgan fingerprint density at radius 1 is 0.885 bits per heavy atom. The molecule has 0 aliphatic heterocycles. The smallest absolute Gasteiger partial charge is 0.0709 e. The molecule has 0 saturated heterocycles. The van der Waals surface area contributed by atoms with Crippen LogP contribution in [0.15, 0.2) is 72.4 Å². The lowest BCUT2D eigenvalue weighted by atomic mass is 9.89. The summed E-state index contributed by atoms with van der Waals surface area (Å²) in [7, 11) is 0. The number of nitrogens with zero attached hydrogens (tertiary/aromatic N) is 1. The maximum atomic E-state index is 4.97. The lowest BCUT2D eigenvalue weighted by molar-refractivity contribution is 0.967. The van der Waals surface area contributed by atoms with Crippen molar-refractivity contribution in [1.82, 2.24) is 4.98 Å². The average Bonchev–Trinajstić information content (AvgIpc) is 2.70. The summed E-state index contributed by atoms with van der Waals surface area (Å²) in [5, 5.41) is 0. The van der Waals surface area contributed by atoms with Gasteiger partial charge >= 0.3 is 0 Å². The van der Waals surface area contributed by atoms with E-state index in [0.717, 1.165) is 37.1 Å². The van der Waals surface area contributed by atoms with Crippen molar-refractivity contribution in [3.05, 3.63) is 89.2 Å². The standard InChI is InChI=1S/C25H25N/c1-18-9-6-7-12-22(18)23-17-21(16-15-19(23)2)25-14-8-13-24(26-25)20-10-4-3-5-11-20/h3-4,7-8,10,12-17H,5-6,9,11H2,1-2H3. The minimum atomic E-state index is 1.05. The SMILES string of the molecule is CC1=C(c2cc(-c3cccc(C4=CC=CCC4)n3)ccc2C)C=CCC1. The molecule has 0 radical (unpaired) electrons. The van der Waals surface area contributed by atoms with Crippen molar-refractivity contribution in [1.29, 1.82) is 0 Å². The van der Waals surface area contributed by atoms with Crippen molar-refractivity contribution < 1.29 is 0 Å². The number of hydrogen-bond acceptors (Lipinski definition) is 1. The highest BCUT2D eigenvalue weighted by atomic mass is 14.7. The van der Waals surface area contributed by atoms with Crippen LogP contribution in [0.2, 0.25) is 0 Å². The van der Waals surface area contributed by atoms with Gasteiger partial charge < -0.3 is 0 Å². The minimum absolute atomic E-state index is 1.05. The van der Waals surface area contributed by atoms with E-state index in [1.54, 1.807) is 0 Å². The molecule has 0 bridgehead atoms. The fraction of sp³-hybridized carbons (Fsp3) is 0.240. The minimum Gasteiger partial charge on any atom is -0.248 e. The first-order valence-electron chi connectivity index (χ1n) is 9.53. The van der Waals surface area contributed by atoms with Gasteiger partial charge in [-0.25, -0.2) is 4.98 Å². The van der Waals surface area contributed by atoms with Crippen LogP contribution in [0.1, 0.15) is 49.4 Å². The van der Waals surface area contributed by atoms with E-state index in [0.29, 0.717) is 0 Å². The number of allylic oxidation sites excluding steroid dienone is 8. The first-order chi connectivity index (χ1) is 12.7. The van der Waals surface area contributed by atoms with Crippen molar-refractivity contribution >= 4 is 11.1 Å². The monoisotopic (exact) mass is 339 g/mol. The topological polar surface area (TPSA) is 12.9 Å². The molecule has 26 heavy (non-hydrogen) atoms. The van der Waals surface area contributed by atoms with Gasteiger partial charge in [0.2, 0.25) is 0 Å². The van der Waals surface area contributed by atoms with Gasteiger partial charge in [0.1, 0.15) is 0 Å². The van der Waals surface area contributed by atoms with Crippen LogP contribution in [0.5, 0.6) is 0 Å². The normalized spacial score (nSPS) is 16.8. The van der Waals surface area contributed by atoms with Gasteiger partial charge in [0.05, 0.1) is 11.4 Å². The van der Waals surface area contributed by atoms with Crippen LogP contribution in [0.3, 0.4) is 0 Å². The van der Waals surface area contributed by atoms with E-state index in [1.807, 2.05) is 0 Å². The average molecular weight is 339 g/mol. The Kier molecular flexibility index (Phi) is 4.71. The molecule has 4 rings (SSSR count). The molecule has 2 aliphatic carbocycles. The van der Waals surface area contributed by atoms with Crippen LogP contribution in [-0.2, 0) is 0 Å². The van der Waals surface area contributed by atoms with Crippen molar-refractivity contribution in [2.75, 3.05) is 0 Å². The molecular formula is C25H25N. The van der Waals surface area contributed by atoms with E-state index in [1.165, 1.54) is 33.4 Å². The molecular weight excluding hydrogens is 314 g/mol. The van der Waals surface area contributed by atoms with Gasteiger partial charge in [-0.3, -0.25) is 0 Å². The Morgan fingerprint density at radius 3 is 2.54 bits per heavy atom. The first kappa shape index (κ1) is 16.8. The van der Waals surface area contributed by atoms with Gasteiger partial charge in [-0.1, -0.05) is 54.2 Å². The second kappa shape index (κ2) is 7.29. The molecule has 0 saturated carbocycles. The zero-order valence-electron chi connectivity index (χ0n) is 15.6. The molecule has 0 spiro atoms. The van der Waals surface area contributed by atoms with Gasteiger partial charge in [0.25, 0.3) is 0 Å². The summed E-state index contributed by atoms with van der Waals surface area (Å²) in [6.07, 6.45) is 15.6. The summed E-state index contributed by atoms with van der Waals surface area (Å²) in [5.41, 5.74) is 10.2. The van der Waals surface area contributed by atoms with E-state index in [4.69, 9.17) is 4.98 Å². The summed E-state index contributed by atoms with van der Waals surface area (Å²) in [6, 6.07) is 13.1. The fourth-order valence-corrected chi connectivity index (χ4v) is 3.76. The predicted octanol–water partition coefficient (Wildman–Crippen LogP) is 6.91. The molecule has 0 N–H and O–H groups in total. The van der Waals surface area contributed by atoms with E-state index < -0.39 is 0 Å². The summed E-state index contributed by atoms with van der Waals surface area (Å²) in [4.78, 5) is 4.97. The molecule has 1 aromatic carbocycles. The largest absolute Gasteiger partial charge is 0.248 e. The van der Waals surface area contributed by atoms with Gasteiger partial charge in [0, 0.05) is 5.56 Å². The second-order valence-electron chi connectivity index (χ2n) is 7.23. The van der Waals surface area contributed by atoms with Crippen LogP contribution in [-0.4, -0.2) is 4.98 Å². The van der Waals surface area contributed by atoms with Gasteiger partial charge in [-0.05, 0) is 80.0 Å². The number of pyridine rings is 1. The summed E-state index contributed by atoms with van der Waals surface area (Å²) in [6.45, 7) is 4.46. The quantitative estimate of drug-likeness (QED) is 0.592. The highest BCUT2D eigenvalue weighted by molar-refractivity contribution is 5.81. The molecule has 1 heterocycles. The molecule has 1 nitrogen and oxygen atoms in total. The second-order valence-corrected chi connectivity index (χ2v) is 7.23. The molecule has 0 atom stereocenters. The third-order valence-corrected chi connectivity index (χ3v) is 5.35. The zero-order chi connectivity index (χ0) is 17.9. The van der Waals surface area contributed by atoms with Gasteiger partial charge in [-0.2, -0.15) is 0 Å². The van der Waals surface area contributed by atoms with E-state index in [9.17, 15) is 0 Å². The lowest BCUT2D eigenvalue weighted by Crippen LogP contribution is -1.97. The van der Waals surface area contributed by atoms with Crippen LogP contribution >= 0.6 is 0 Å². The molecule has 130 valence electrons. The van der Waals surface area contributed by atoms with Crippen LogP contribution in [0.25, 0.3) is 22.4 Å². The lowest BCUT2D eigenvalue weighted by Gasteiger charge is -2.16. The highest BCUT2D eigenvalue weighted by Gasteiger charge is 2.12. The summed E-state index contributed by atoms with van der Waals surface area (Å²) < 4.78 is 0. The number of hydrogen-bond donors (Lipinski definition) is 0. The number of aromatic nitrogens is 1. The molecule has 2 aliphatic rings. The fourth-order valence-electron chi connectivity index (χ4n) is 3.76. The Bertz CT molecular complexity index is 954. The molecule has 1 aromatic heterocycles. The van der Waals surface area contributed by atoms with Crippen LogP contribution < -0.4 is 0 Å². The molecule has 0 unspecified atom stereocenters. The van der Waals surface area contributed by atoms with Crippen LogP contribution in [0.4, 0.5) is 0 Å². The summed E-state index contributed by atoms with van der Waals surface area (Å²) >= 11 is 0. The van der Waals surface area contributed by atoms with E-state index in [2.05, 4.69) is 80.6 Å². The maximum absolute atomic E-state index is 4.97. The number of rotatable bonds is 3. The molecule has 0 amide bonds. The maximum Gasteiger partial charge on any atom is 0.0709 e. The molecule has 1 heteroatoms. The number of benzene rings is 1. The highest BCUT2D eigenvalue weighted by Crippen LogP contribution is 2.32. The Morgan fingerprint density at radius 2 is 1.73 bits per heavy atom. The van der Waals surface area contributed by atoms with Crippen molar-refractivity contribution in [3.8, 4) is 11.3 Å². The van der Waals surface area contributed by atoms with Crippen molar-refractivity contribution in [3.63, 3.8) is 0 Å².